The van der Waals surface area contributed by atoms with E-state index >= 15 is 4.39 Å². The minimum atomic E-state index is -1.45. The number of rotatable bonds is 4. The van der Waals surface area contributed by atoms with Gasteiger partial charge in [-0.25, -0.2) is 13.8 Å². The highest BCUT2D eigenvalue weighted by molar-refractivity contribution is 5.93. The second kappa shape index (κ2) is 8.50. The number of aromatic nitrogens is 2. The third kappa shape index (κ3) is 3.71. The normalized spacial score (nSPS) is 24.3. The topological polar surface area (TPSA) is 81.2 Å². The van der Waals surface area contributed by atoms with Crippen molar-refractivity contribution in [3.63, 3.8) is 0 Å². The molecule has 0 radical (unpaired) electrons. The number of pyridine rings is 1. The average Bonchev–Trinajstić information content (AvgIpc) is 3.16. The van der Waals surface area contributed by atoms with Gasteiger partial charge in [-0.15, -0.1) is 0 Å². The first-order chi connectivity index (χ1) is 15.6. The van der Waals surface area contributed by atoms with Crippen LogP contribution in [0, 0.1) is 30.4 Å². The van der Waals surface area contributed by atoms with E-state index in [-0.39, 0.29) is 29.3 Å². The van der Waals surface area contributed by atoms with Crippen molar-refractivity contribution in [1.82, 2.24) is 20.2 Å². The second-order valence-electron chi connectivity index (χ2n) is 9.25. The highest BCUT2D eigenvalue weighted by Crippen LogP contribution is 2.45. The number of likely N-dealkylation sites (tertiary alicyclic amines) is 1. The lowest BCUT2D eigenvalue weighted by molar-refractivity contribution is -0.150. The number of carbonyl (C=O) groups excluding carboxylic acids is 1. The van der Waals surface area contributed by atoms with E-state index in [0.717, 1.165) is 0 Å². The van der Waals surface area contributed by atoms with Gasteiger partial charge in [0.1, 0.15) is 17.1 Å². The summed E-state index contributed by atoms with van der Waals surface area (Å²) < 4.78 is 30.0. The van der Waals surface area contributed by atoms with Crippen molar-refractivity contribution >= 4 is 16.9 Å². The summed E-state index contributed by atoms with van der Waals surface area (Å²) >= 11 is 0. The number of amides is 1. The minimum Gasteiger partial charge on any atom is -0.384 e. The van der Waals surface area contributed by atoms with Crippen LogP contribution in [0.3, 0.4) is 0 Å². The summed E-state index contributed by atoms with van der Waals surface area (Å²) in [4.78, 5) is 21.3. The molecule has 1 saturated heterocycles. The molecule has 4 rings (SSSR count). The van der Waals surface area contributed by atoms with Crippen LogP contribution in [0.2, 0.25) is 0 Å². The Hall–Kier alpha value is -2.84. The number of fused-ring (bicyclic) bond motifs is 1. The van der Waals surface area contributed by atoms with Gasteiger partial charge in [0.15, 0.2) is 5.82 Å². The predicted octanol–water partition coefficient (Wildman–Crippen LogP) is 3.73. The Bertz CT molecular complexity index is 1170. The molecule has 1 fully saturated rings. The zero-order valence-electron chi connectivity index (χ0n) is 19.5. The summed E-state index contributed by atoms with van der Waals surface area (Å²) in [7, 11) is 1.73. The number of nitrogens with zero attached hydrogens (tertiary/aromatic N) is 2. The Labute approximate surface area is 192 Å². The van der Waals surface area contributed by atoms with Crippen LogP contribution in [0.25, 0.3) is 22.2 Å². The Morgan fingerprint density at radius 3 is 2.55 bits per heavy atom. The van der Waals surface area contributed by atoms with Gasteiger partial charge in [-0.1, -0.05) is 19.9 Å². The largest absolute Gasteiger partial charge is 0.384 e. The zero-order chi connectivity index (χ0) is 24.1. The van der Waals surface area contributed by atoms with Crippen LogP contribution in [0.4, 0.5) is 8.78 Å². The molecule has 1 aliphatic rings. The highest BCUT2D eigenvalue weighted by atomic mass is 19.1. The van der Waals surface area contributed by atoms with E-state index in [1.807, 2.05) is 13.8 Å². The molecule has 1 unspecified atom stereocenters. The second-order valence-corrected chi connectivity index (χ2v) is 9.25. The van der Waals surface area contributed by atoms with Crippen molar-refractivity contribution in [2.75, 3.05) is 20.1 Å². The molecule has 2 aromatic heterocycles. The molecule has 8 heteroatoms. The molecule has 3 heterocycles. The summed E-state index contributed by atoms with van der Waals surface area (Å²) in [5.74, 6) is -1.81. The van der Waals surface area contributed by atoms with E-state index in [4.69, 9.17) is 0 Å². The van der Waals surface area contributed by atoms with E-state index in [9.17, 15) is 14.3 Å². The van der Waals surface area contributed by atoms with E-state index in [1.165, 1.54) is 12.3 Å². The predicted molar refractivity (Wildman–Crippen MR) is 124 cm³/mol. The number of halogens is 2. The summed E-state index contributed by atoms with van der Waals surface area (Å²) in [6.45, 7) is 7.89. The lowest BCUT2D eigenvalue weighted by atomic mass is 9.69. The lowest BCUT2D eigenvalue weighted by Gasteiger charge is -2.49. The van der Waals surface area contributed by atoms with E-state index in [0.29, 0.717) is 40.8 Å². The van der Waals surface area contributed by atoms with E-state index in [1.54, 1.807) is 44.1 Å². The molecule has 3 aromatic rings. The Balaban J connectivity index is 1.74. The van der Waals surface area contributed by atoms with E-state index < -0.39 is 17.2 Å². The van der Waals surface area contributed by atoms with Crippen molar-refractivity contribution in [2.45, 2.75) is 39.3 Å². The summed E-state index contributed by atoms with van der Waals surface area (Å²) in [6, 6.07) is 4.44. The third-order valence-corrected chi connectivity index (χ3v) is 7.13. The first-order valence-electron chi connectivity index (χ1n) is 11.2. The molecule has 0 aliphatic carbocycles. The van der Waals surface area contributed by atoms with E-state index in [2.05, 4.69) is 15.3 Å². The SMILES string of the molecule is CN[C@H](C)C(=O)N1C[C@@H](C)C(O)(c2c(C)cc(-c3ccnc4[nH]cc(F)c34)cc2F)[C@@H](C)C1. The molecular weight excluding hydrogens is 426 g/mol. The van der Waals surface area contributed by atoms with Crippen LogP contribution in [-0.2, 0) is 10.4 Å². The van der Waals surface area contributed by atoms with Crippen molar-refractivity contribution in [3.8, 4) is 11.1 Å². The molecule has 6 nitrogen and oxygen atoms in total. The first-order valence-corrected chi connectivity index (χ1v) is 11.2. The number of nitrogens with one attached hydrogen (secondary N) is 2. The Morgan fingerprint density at radius 2 is 1.94 bits per heavy atom. The molecule has 33 heavy (non-hydrogen) atoms. The van der Waals surface area contributed by atoms with Gasteiger partial charge in [0.05, 0.1) is 11.4 Å². The quantitative estimate of drug-likeness (QED) is 0.559. The van der Waals surface area contributed by atoms with Gasteiger partial charge in [-0.2, -0.15) is 0 Å². The molecule has 0 spiro atoms. The number of benzene rings is 1. The molecule has 1 aromatic carbocycles. The zero-order valence-corrected chi connectivity index (χ0v) is 19.5. The molecule has 3 N–H and O–H groups in total. The maximum Gasteiger partial charge on any atom is 0.239 e. The van der Waals surface area contributed by atoms with Crippen LogP contribution < -0.4 is 5.32 Å². The fourth-order valence-corrected chi connectivity index (χ4v) is 5.23. The standard InChI is InChI=1S/C25H30F2N4O2/c1-13-8-17(18-6-7-29-23-21(18)20(27)10-30-23)9-19(26)22(13)25(33)14(2)11-31(12-15(25)3)24(32)16(4)28-5/h6-10,14-16,28,33H,11-12H2,1-5H3,(H,29,30)/t14-,15+,16-,25?/m1/s1. The third-order valence-electron chi connectivity index (χ3n) is 7.13. The fraction of sp³-hybridized carbons (Fsp3) is 0.440. The molecule has 1 amide bonds. The Kier molecular flexibility index (Phi) is 6.01. The maximum atomic E-state index is 15.7. The maximum absolute atomic E-state index is 15.7. The van der Waals surface area contributed by atoms with Crippen molar-refractivity contribution < 1.29 is 18.7 Å². The smallest absolute Gasteiger partial charge is 0.239 e. The number of H-pyrrole nitrogens is 1. The molecule has 1 aliphatic heterocycles. The van der Waals surface area contributed by atoms with Gasteiger partial charge >= 0.3 is 0 Å². The summed E-state index contributed by atoms with van der Waals surface area (Å²) in [5.41, 5.74) is 0.802. The van der Waals surface area contributed by atoms with Crippen LogP contribution in [0.1, 0.15) is 31.9 Å². The monoisotopic (exact) mass is 456 g/mol. The fourth-order valence-electron chi connectivity index (χ4n) is 5.23. The van der Waals surface area contributed by atoms with Gasteiger partial charge in [0, 0.05) is 42.9 Å². The van der Waals surface area contributed by atoms with Crippen LogP contribution in [-0.4, -0.2) is 52.1 Å². The number of likely N-dealkylation sites (N-methyl/N-ethyl adjacent to an activating group) is 1. The van der Waals surface area contributed by atoms with Crippen LogP contribution in [0.15, 0.2) is 30.6 Å². The van der Waals surface area contributed by atoms with Gasteiger partial charge < -0.3 is 20.3 Å². The molecule has 4 atom stereocenters. The van der Waals surface area contributed by atoms with Gasteiger partial charge in [-0.05, 0) is 49.7 Å². The van der Waals surface area contributed by atoms with Gasteiger partial charge in [-0.3, -0.25) is 4.79 Å². The van der Waals surface area contributed by atoms with Crippen LogP contribution >= 0.6 is 0 Å². The summed E-state index contributed by atoms with van der Waals surface area (Å²) in [5, 5.41) is 15.1. The highest BCUT2D eigenvalue weighted by Gasteiger charge is 2.49. The minimum absolute atomic E-state index is 0.0407. The number of aryl methyl sites for hydroxylation is 1. The number of hydrogen-bond acceptors (Lipinski definition) is 4. The Morgan fingerprint density at radius 1 is 1.27 bits per heavy atom. The number of aromatic amines is 1. The molecule has 176 valence electrons. The first kappa shape index (κ1) is 23.3. The molecular formula is C25H30F2N4O2. The molecule has 0 saturated carbocycles. The number of piperidine rings is 1. The van der Waals surface area contributed by atoms with Gasteiger partial charge in [0.25, 0.3) is 0 Å². The lowest BCUT2D eigenvalue weighted by Crippen LogP contribution is -2.58. The summed E-state index contributed by atoms with van der Waals surface area (Å²) in [6.07, 6.45) is 2.78. The molecule has 0 bridgehead atoms. The van der Waals surface area contributed by atoms with Crippen molar-refractivity contribution in [2.24, 2.45) is 11.8 Å². The van der Waals surface area contributed by atoms with Crippen molar-refractivity contribution in [3.05, 3.63) is 53.4 Å². The average molecular weight is 457 g/mol. The number of aliphatic hydroxyl groups is 1. The van der Waals surface area contributed by atoms with Gasteiger partial charge in [0.2, 0.25) is 5.91 Å². The number of hydrogen-bond donors (Lipinski definition) is 3. The van der Waals surface area contributed by atoms with Crippen LogP contribution in [0.5, 0.6) is 0 Å². The number of carbonyl (C=O) groups is 1. The van der Waals surface area contributed by atoms with Crippen molar-refractivity contribution in [1.29, 1.82) is 0 Å².